The molecule has 1 amide bonds. The SMILES string of the molecule is COc1ccccc1C(C)NC(=O)CN(CCc1ccccc1)S(=O)(=O)c1ccc(Cl)cc1. The van der Waals surface area contributed by atoms with Crippen molar-refractivity contribution in [3.8, 4) is 5.75 Å². The first kappa shape index (κ1) is 24.8. The number of amides is 1. The van der Waals surface area contributed by atoms with Crippen LogP contribution in [-0.2, 0) is 21.2 Å². The number of rotatable bonds is 10. The van der Waals surface area contributed by atoms with Gasteiger partial charge in [0, 0.05) is 17.1 Å². The number of halogens is 1. The van der Waals surface area contributed by atoms with Crippen LogP contribution in [0.4, 0.5) is 0 Å². The normalized spacial score (nSPS) is 12.4. The van der Waals surface area contributed by atoms with Crippen LogP contribution in [0.5, 0.6) is 5.75 Å². The fraction of sp³-hybridized carbons (Fsp3) is 0.240. The predicted molar refractivity (Wildman–Crippen MR) is 130 cm³/mol. The van der Waals surface area contributed by atoms with Crippen LogP contribution in [0.3, 0.4) is 0 Å². The van der Waals surface area contributed by atoms with Crippen molar-refractivity contribution in [2.45, 2.75) is 24.3 Å². The second kappa shape index (κ2) is 11.3. The smallest absolute Gasteiger partial charge is 0.243 e. The molecular weight excluding hydrogens is 460 g/mol. The van der Waals surface area contributed by atoms with E-state index in [1.165, 1.54) is 28.6 Å². The molecule has 8 heteroatoms. The van der Waals surface area contributed by atoms with Crippen LogP contribution in [0.2, 0.25) is 5.02 Å². The zero-order valence-corrected chi connectivity index (χ0v) is 20.1. The van der Waals surface area contributed by atoms with Crippen LogP contribution in [-0.4, -0.2) is 38.8 Å². The highest BCUT2D eigenvalue weighted by Gasteiger charge is 2.27. The van der Waals surface area contributed by atoms with Crippen LogP contribution in [0.25, 0.3) is 0 Å². The number of ether oxygens (including phenoxy) is 1. The number of sulfonamides is 1. The number of carbonyl (C=O) groups is 1. The van der Waals surface area contributed by atoms with Gasteiger partial charge in [-0.1, -0.05) is 60.1 Å². The Morgan fingerprint density at radius 2 is 1.64 bits per heavy atom. The number of hydrogen-bond acceptors (Lipinski definition) is 4. The largest absolute Gasteiger partial charge is 0.496 e. The third-order valence-electron chi connectivity index (χ3n) is 5.25. The maximum atomic E-state index is 13.3. The molecule has 0 heterocycles. The molecule has 174 valence electrons. The van der Waals surface area contributed by atoms with E-state index in [0.29, 0.717) is 17.2 Å². The Labute approximate surface area is 200 Å². The lowest BCUT2D eigenvalue weighted by molar-refractivity contribution is -0.121. The molecule has 0 radical (unpaired) electrons. The summed E-state index contributed by atoms with van der Waals surface area (Å²) in [4.78, 5) is 13.0. The van der Waals surface area contributed by atoms with Crippen molar-refractivity contribution >= 4 is 27.5 Å². The first-order chi connectivity index (χ1) is 15.8. The summed E-state index contributed by atoms with van der Waals surface area (Å²) in [6.07, 6.45) is 0.475. The van der Waals surface area contributed by atoms with Gasteiger partial charge in [0.25, 0.3) is 0 Å². The first-order valence-corrected chi connectivity index (χ1v) is 12.3. The van der Waals surface area contributed by atoms with Crippen molar-refractivity contribution in [3.63, 3.8) is 0 Å². The molecule has 6 nitrogen and oxygen atoms in total. The average Bonchev–Trinajstić information content (AvgIpc) is 2.82. The highest BCUT2D eigenvalue weighted by Crippen LogP contribution is 2.24. The fourth-order valence-corrected chi connectivity index (χ4v) is 5.01. The molecule has 1 atom stereocenters. The Kier molecular flexibility index (Phi) is 8.49. The molecule has 3 rings (SSSR count). The van der Waals surface area contributed by atoms with Gasteiger partial charge in [-0.05, 0) is 49.2 Å². The van der Waals surface area contributed by atoms with E-state index in [9.17, 15) is 13.2 Å². The van der Waals surface area contributed by atoms with E-state index in [1.807, 2.05) is 61.5 Å². The average molecular weight is 487 g/mol. The van der Waals surface area contributed by atoms with Gasteiger partial charge < -0.3 is 10.1 Å². The Morgan fingerprint density at radius 1 is 1.00 bits per heavy atom. The summed E-state index contributed by atoms with van der Waals surface area (Å²) >= 11 is 5.92. The lowest BCUT2D eigenvalue weighted by atomic mass is 10.1. The van der Waals surface area contributed by atoms with Crippen molar-refractivity contribution in [2.24, 2.45) is 0 Å². The fourth-order valence-electron chi connectivity index (χ4n) is 3.49. The monoisotopic (exact) mass is 486 g/mol. The summed E-state index contributed by atoms with van der Waals surface area (Å²) in [5.74, 6) is 0.249. The summed E-state index contributed by atoms with van der Waals surface area (Å²) in [5.41, 5.74) is 1.79. The van der Waals surface area contributed by atoms with Gasteiger partial charge in [-0.25, -0.2) is 8.42 Å². The van der Waals surface area contributed by atoms with Gasteiger partial charge in [0.1, 0.15) is 5.75 Å². The number of nitrogens with one attached hydrogen (secondary N) is 1. The van der Waals surface area contributed by atoms with Crippen LogP contribution in [0, 0.1) is 0 Å². The van der Waals surface area contributed by atoms with E-state index < -0.39 is 15.9 Å². The summed E-state index contributed by atoms with van der Waals surface area (Å²) in [6, 6.07) is 22.5. The molecule has 0 aliphatic heterocycles. The summed E-state index contributed by atoms with van der Waals surface area (Å²) in [6.45, 7) is 1.68. The second-order valence-electron chi connectivity index (χ2n) is 7.56. The number of nitrogens with zero attached hydrogens (tertiary/aromatic N) is 1. The maximum Gasteiger partial charge on any atom is 0.243 e. The summed E-state index contributed by atoms with van der Waals surface area (Å²) in [7, 11) is -2.34. The van der Waals surface area contributed by atoms with E-state index in [2.05, 4.69) is 5.32 Å². The van der Waals surface area contributed by atoms with E-state index >= 15 is 0 Å². The van der Waals surface area contributed by atoms with E-state index in [1.54, 1.807) is 7.11 Å². The second-order valence-corrected chi connectivity index (χ2v) is 9.93. The Morgan fingerprint density at radius 3 is 2.30 bits per heavy atom. The number of methoxy groups -OCH3 is 1. The van der Waals surface area contributed by atoms with Crippen LogP contribution < -0.4 is 10.1 Å². The van der Waals surface area contributed by atoms with Gasteiger partial charge >= 0.3 is 0 Å². The van der Waals surface area contributed by atoms with Gasteiger partial charge in [-0.15, -0.1) is 0 Å². The highest BCUT2D eigenvalue weighted by atomic mass is 35.5. The van der Waals surface area contributed by atoms with Crippen molar-refractivity contribution in [3.05, 3.63) is 95.0 Å². The van der Waals surface area contributed by atoms with Crippen LogP contribution in [0.1, 0.15) is 24.1 Å². The molecule has 0 aliphatic carbocycles. The standard InChI is InChI=1S/C25H27ClN2O4S/c1-19(23-10-6-7-11-24(23)32-2)27-25(29)18-28(17-16-20-8-4-3-5-9-20)33(30,31)22-14-12-21(26)13-15-22/h3-15,19H,16-18H2,1-2H3,(H,27,29). The predicted octanol–water partition coefficient (Wildman–Crippen LogP) is 4.46. The number of carbonyl (C=O) groups excluding carboxylic acids is 1. The molecule has 0 saturated carbocycles. The minimum absolute atomic E-state index is 0.0885. The van der Waals surface area contributed by atoms with Gasteiger partial charge in [0.15, 0.2) is 0 Å². The van der Waals surface area contributed by atoms with E-state index in [0.717, 1.165) is 11.1 Å². The van der Waals surface area contributed by atoms with E-state index in [4.69, 9.17) is 16.3 Å². The van der Waals surface area contributed by atoms with Crippen LogP contribution >= 0.6 is 11.6 Å². The molecule has 0 bridgehead atoms. The van der Waals surface area contributed by atoms with Crippen molar-refractivity contribution in [1.82, 2.24) is 9.62 Å². The minimum Gasteiger partial charge on any atom is -0.496 e. The number of hydrogen-bond donors (Lipinski definition) is 1. The first-order valence-electron chi connectivity index (χ1n) is 10.5. The zero-order valence-electron chi connectivity index (χ0n) is 18.6. The molecular formula is C25H27ClN2O4S. The molecule has 0 aliphatic rings. The summed E-state index contributed by atoms with van der Waals surface area (Å²) in [5, 5.41) is 3.32. The maximum absolute atomic E-state index is 13.3. The zero-order chi connectivity index (χ0) is 23.8. The Bertz CT molecular complexity index is 1170. The lowest BCUT2D eigenvalue weighted by Crippen LogP contribution is -2.42. The lowest BCUT2D eigenvalue weighted by Gasteiger charge is -2.24. The molecule has 1 unspecified atom stereocenters. The molecule has 33 heavy (non-hydrogen) atoms. The molecule has 0 saturated heterocycles. The van der Waals surface area contributed by atoms with Crippen molar-refractivity contribution in [1.29, 1.82) is 0 Å². The molecule has 0 spiro atoms. The molecule has 0 fully saturated rings. The minimum atomic E-state index is -3.91. The molecule has 3 aromatic carbocycles. The van der Waals surface area contributed by atoms with Gasteiger partial charge in [0.2, 0.25) is 15.9 Å². The van der Waals surface area contributed by atoms with Gasteiger partial charge in [-0.2, -0.15) is 4.31 Å². The van der Waals surface area contributed by atoms with Gasteiger partial charge in [-0.3, -0.25) is 4.79 Å². The number of benzene rings is 3. The molecule has 1 N–H and O–H groups in total. The topological polar surface area (TPSA) is 75.7 Å². The van der Waals surface area contributed by atoms with Crippen LogP contribution in [0.15, 0.2) is 83.8 Å². The third-order valence-corrected chi connectivity index (χ3v) is 7.36. The van der Waals surface area contributed by atoms with Crippen molar-refractivity contribution < 1.29 is 17.9 Å². The Hall–Kier alpha value is -2.87. The molecule has 3 aromatic rings. The van der Waals surface area contributed by atoms with E-state index in [-0.39, 0.29) is 24.0 Å². The highest BCUT2D eigenvalue weighted by molar-refractivity contribution is 7.89. The summed E-state index contributed by atoms with van der Waals surface area (Å²) < 4.78 is 33.3. The number of para-hydroxylation sites is 1. The quantitative estimate of drug-likeness (QED) is 0.459. The van der Waals surface area contributed by atoms with Gasteiger partial charge in [0.05, 0.1) is 24.6 Å². The Balaban J connectivity index is 1.79. The molecule has 0 aromatic heterocycles. The van der Waals surface area contributed by atoms with Crippen molar-refractivity contribution in [2.75, 3.05) is 20.2 Å². The third kappa shape index (κ3) is 6.57.